The van der Waals surface area contributed by atoms with E-state index in [4.69, 9.17) is 0 Å². The van der Waals surface area contributed by atoms with Crippen molar-refractivity contribution in [2.24, 2.45) is 0 Å². The molecule has 2 aromatic carbocycles. The van der Waals surface area contributed by atoms with Gasteiger partial charge in [0.15, 0.2) is 0 Å². The lowest BCUT2D eigenvalue weighted by atomic mass is 10.1. The van der Waals surface area contributed by atoms with Crippen molar-refractivity contribution in [1.82, 2.24) is 5.32 Å². The molecule has 0 aliphatic carbocycles. The van der Waals surface area contributed by atoms with Gasteiger partial charge in [-0.3, -0.25) is 9.00 Å². The Kier molecular flexibility index (Phi) is 6.47. The van der Waals surface area contributed by atoms with Crippen LogP contribution in [0.4, 0.5) is 4.39 Å². The molecule has 122 valence electrons. The van der Waals surface area contributed by atoms with E-state index >= 15 is 0 Å². The first kappa shape index (κ1) is 17.3. The molecule has 0 unspecified atom stereocenters. The Morgan fingerprint density at radius 3 is 2.43 bits per heavy atom. The SMILES string of the molecule is Cc1ccccc1CCNC(=O)C[S@](=O)Cc1ccccc1F. The van der Waals surface area contributed by atoms with Crippen molar-refractivity contribution in [2.45, 2.75) is 19.1 Å². The van der Waals surface area contributed by atoms with Gasteiger partial charge in [-0.05, 0) is 30.5 Å². The summed E-state index contributed by atoms with van der Waals surface area (Å²) in [6.45, 7) is 2.53. The van der Waals surface area contributed by atoms with Gasteiger partial charge in [0.2, 0.25) is 5.91 Å². The minimum Gasteiger partial charge on any atom is -0.355 e. The highest BCUT2D eigenvalue weighted by Gasteiger charge is 2.11. The summed E-state index contributed by atoms with van der Waals surface area (Å²) in [6.07, 6.45) is 0.734. The highest BCUT2D eigenvalue weighted by Crippen LogP contribution is 2.09. The topological polar surface area (TPSA) is 46.2 Å². The highest BCUT2D eigenvalue weighted by molar-refractivity contribution is 7.84. The Labute approximate surface area is 138 Å². The van der Waals surface area contributed by atoms with Crippen LogP contribution in [0.15, 0.2) is 48.5 Å². The molecule has 3 nitrogen and oxygen atoms in total. The van der Waals surface area contributed by atoms with E-state index in [1.54, 1.807) is 18.2 Å². The summed E-state index contributed by atoms with van der Waals surface area (Å²) in [7, 11) is -1.42. The van der Waals surface area contributed by atoms with Crippen molar-refractivity contribution in [2.75, 3.05) is 12.3 Å². The molecular formula is C18H20FNO2S. The van der Waals surface area contributed by atoms with Crippen LogP contribution in [0.5, 0.6) is 0 Å². The van der Waals surface area contributed by atoms with Gasteiger partial charge in [-0.2, -0.15) is 0 Å². The summed E-state index contributed by atoms with van der Waals surface area (Å²) >= 11 is 0. The average molecular weight is 333 g/mol. The second-order valence-electron chi connectivity index (χ2n) is 5.35. The van der Waals surface area contributed by atoms with Crippen LogP contribution in [0.2, 0.25) is 0 Å². The van der Waals surface area contributed by atoms with Gasteiger partial charge in [-0.15, -0.1) is 0 Å². The van der Waals surface area contributed by atoms with Crippen LogP contribution in [-0.2, 0) is 27.8 Å². The van der Waals surface area contributed by atoms with E-state index in [-0.39, 0.29) is 23.2 Å². The molecule has 0 bridgehead atoms. The van der Waals surface area contributed by atoms with Crippen molar-refractivity contribution in [1.29, 1.82) is 0 Å². The summed E-state index contributed by atoms with van der Waals surface area (Å²) in [5.41, 5.74) is 2.74. The van der Waals surface area contributed by atoms with Gasteiger partial charge in [-0.25, -0.2) is 4.39 Å². The van der Waals surface area contributed by atoms with Crippen LogP contribution in [0, 0.1) is 12.7 Å². The molecule has 1 atom stereocenters. The molecule has 2 aromatic rings. The zero-order valence-electron chi connectivity index (χ0n) is 13.0. The second-order valence-corrected chi connectivity index (χ2v) is 6.80. The normalized spacial score (nSPS) is 11.9. The number of halogens is 1. The van der Waals surface area contributed by atoms with E-state index in [1.807, 2.05) is 31.2 Å². The number of benzene rings is 2. The van der Waals surface area contributed by atoms with E-state index in [9.17, 15) is 13.4 Å². The summed E-state index contributed by atoms with van der Waals surface area (Å²) < 4.78 is 25.4. The van der Waals surface area contributed by atoms with Crippen molar-refractivity contribution in [3.05, 3.63) is 71.0 Å². The van der Waals surface area contributed by atoms with E-state index in [0.29, 0.717) is 12.1 Å². The van der Waals surface area contributed by atoms with Gasteiger partial charge in [-0.1, -0.05) is 42.5 Å². The summed E-state index contributed by atoms with van der Waals surface area (Å²) in [6, 6.07) is 14.2. The molecule has 23 heavy (non-hydrogen) atoms. The van der Waals surface area contributed by atoms with Crippen LogP contribution in [0.3, 0.4) is 0 Å². The Bertz CT molecular complexity index is 703. The van der Waals surface area contributed by atoms with Gasteiger partial charge >= 0.3 is 0 Å². The fourth-order valence-electron chi connectivity index (χ4n) is 2.26. The summed E-state index contributed by atoms with van der Waals surface area (Å²) in [5, 5.41) is 2.76. The number of rotatable bonds is 7. The fraction of sp³-hybridized carbons (Fsp3) is 0.278. The second kappa shape index (κ2) is 8.58. The third-order valence-corrected chi connectivity index (χ3v) is 4.76. The predicted octanol–water partition coefficient (Wildman–Crippen LogP) is 2.74. The van der Waals surface area contributed by atoms with E-state index in [0.717, 1.165) is 6.42 Å². The Morgan fingerprint density at radius 1 is 1.09 bits per heavy atom. The molecule has 0 saturated carbocycles. The quantitative estimate of drug-likeness (QED) is 0.847. The van der Waals surface area contributed by atoms with Crippen LogP contribution < -0.4 is 5.32 Å². The van der Waals surface area contributed by atoms with Crippen LogP contribution in [-0.4, -0.2) is 22.4 Å². The molecule has 0 aliphatic heterocycles. The van der Waals surface area contributed by atoms with Crippen molar-refractivity contribution in [3.8, 4) is 0 Å². The minimum atomic E-state index is -1.42. The van der Waals surface area contributed by atoms with E-state index < -0.39 is 10.8 Å². The molecule has 0 saturated heterocycles. The maximum absolute atomic E-state index is 13.5. The zero-order valence-corrected chi connectivity index (χ0v) is 13.9. The number of carbonyl (C=O) groups excluding carboxylic acids is 1. The van der Waals surface area contributed by atoms with Gasteiger partial charge in [0, 0.05) is 22.9 Å². The highest BCUT2D eigenvalue weighted by atomic mass is 32.2. The van der Waals surface area contributed by atoms with Crippen molar-refractivity contribution < 1.29 is 13.4 Å². The molecule has 0 heterocycles. The molecular weight excluding hydrogens is 313 g/mol. The lowest BCUT2D eigenvalue weighted by Crippen LogP contribution is -2.30. The first-order valence-electron chi connectivity index (χ1n) is 7.46. The maximum atomic E-state index is 13.5. The number of carbonyl (C=O) groups is 1. The molecule has 0 aromatic heterocycles. The Morgan fingerprint density at radius 2 is 1.74 bits per heavy atom. The molecule has 0 radical (unpaired) electrons. The molecule has 0 fully saturated rings. The monoisotopic (exact) mass is 333 g/mol. The molecule has 1 N–H and O–H groups in total. The predicted molar refractivity (Wildman–Crippen MR) is 91.0 cm³/mol. The Hall–Kier alpha value is -2.01. The first-order chi connectivity index (χ1) is 11.1. The lowest BCUT2D eigenvalue weighted by molar-refractivity contribution is -0.118. The number of hydrogen-bond donors (Lipinski definition) is 1. The van der Waals surface area contributed by atoms with Gasteiger partial charge in [0.25, 0.3) is 0 Å². The smallest absolute Gasteiger partial charge is 0.232 e. The van der Waals surface area contributed by atoms with Crippen LogP contribution in [0.25, 0.3) is 0 Å². The molecule has 5 heteroatoms. The average Bonchev–Trinajstić information content (AvgIpc) is 2.51. The molecule has 0 aliphatic rings. The fourth-order valence-corrected chi connectivity index (χ4v) is 3.34. The van der Waals surface area contributed by atoms with Crippen molar-refractivity contribution >= 4 is 16.7 Å². The maximum Gasteiger partial charge on any atom is 0.232 e. The van der Waals surface area contributed by atoms with Gasteiger partial charge in [0.1, 0.15) is 11.6 Å². The van der Waals surface area contributed by atoms with Crippen molar-refractivity contribution in [3.63, 3.8) is 0 Å². The van der Waals surface area contributed by atoms with Crippen LogP contribution in [0.1, 0.15) is 16.7 Å². The summed E-state index contributed by atoms with van der Waals surface area (Å²) in [5.74, 6) is -0.714. The third kappa shape index (κ3) is 5.60. The number of amides is 1. The number of nitrogens with one attached hydrogen (secondary N) is 1. The van der Waals surface area contributed by atoms with Gasteiger partial charge < -0.3 is 5.32 Å². The molecule has 0 spiro atoms. The largest absolute Gasteiger partial charge is 0.355 e. The zero-order chi connectivity index (χ0) is 16.7. The minimum absolute atomic E-state index is 0.0535. The van der Waals surface area contributed by atoms with Gasteiger partial charge in [0.05, 0.1) is 5.75 Å². The first-order valence-corrected chi connectivity index (χ1v) is 8.94. The Balaban J connectivity index is 1.75. The third-order valence-electron chi connectivity index (χ3n) is 3.54. The molecule has 2 rings (SSSR count). The lowest BCUT2D eigenvalue weighted by Gasteiger charge is -2.08. The summed E-state index contributed by atoms with van der Waals surface area (Å²) in [4.78, 5) is 11.8. The number of hydrogen-bond acceptors (Lipinski definition) is 2. The van der Waals surface area contributed by atoms with E-state index in [2.05, 4.69) is 5.32 Å². The standard InChI is InChI=1S/C18H20FNO2S/c1-14-6-2-3-7-15(14)10-11-20-18(21)13-23(22)12-16-8-4-5-9-17(16)19/h2-9H,10-13H2,1H3,(H,20,21)/t23-/m1/s1. The number of aryl methyl sites for hydroxylation is 1. The van der Waals surface area contributed by atoms with E-state index in [1.165, 1.54) is 17.2 Å². The van der Waals surface area contributed by atoms with Crippen LogP contribution >= 0.6 is 0 Å². The molecule has 1 amide bonds.